The number of rotatable bonds is 10. The molecule has 7 nitrogen and oxygen atoms in total. The lowest BCUT2D eigenvalue weighted by Crippen LogP contribution is -2.55. The highest BCUT2D eigenvalue weighted by atomic mass is 32.2. The molecule has 180 valence electrons. The van der Waals surface area contributed by atoms with Crippen molar-refractivity contribution in [2.45, 2.75) is 83.0 Å². The predicted octanol–water partition coefficient (Wildman–Crippen LogP) is 3.90. The molecule has 2 amide bonds. The molecule has 1 fully saturated rings. The normalized spacial score (nSPS) is 22.1. The van der Waals surface area contributed by atoms with Crippen molar-refractivity contribution in [1.29, 1.82) is 0 Å². The first-order valence-electron chi connectivity index (χ1n) is 11.2. The van der Waals surface area contributed by atoms with Gasteiger partial charge in [-0.1, -0.05) is 30.3 Å². The summed E-state index contributed by atoms with van der Waals surface area (Å²) in [5, 5.41) is 5.82. The summed E-state index contributed by atoms with van der Waals surface area (Å²) in [5.74, 6) is 0.544. The maximum atomic E-state index is 13.0. The number of nitrogens with one attached hydrogen (secondary N) is 2. The molecule has 0 radical (unpaired) electrons. The van der Waals surface area contributed by atoms with E-state index in [2.05, 4.69) is 10.6 Å². The Morgan fingerprint density at radius 2 is 1.91 bits per heavy atom. The van der Waals surface area contributed by atoms with E-state index in [1.807, 2.05) is 36.6 Å². The average molecular weight is 467 g/mol. The molecule has 32 heavy (non-hydrogen) atoms. The third kappa shape index (κ3) is 9.38. The van der Waals surface area contributed by atoms with Crippen molar-refractivity contribution in [2.75, 3.05) is 19.1 Å². The molecule has 1 aromatic rings. The third-order valence-corrected chi connectivity index (χ3v) is 5.96. The molecule has 1 aromatic carbocycles. The number of methoxy groups -OCH3 is 1. The van der Waals surface area contributed by atoms with Crippen LogP contribution in [0.4, 0.5) is 4.79 Å². The van der Waals surface area contributed by atoms with Gasteiger partial charge in [0.2, 0.25) is 5.91 Å². The number of carbonyl (C=O) groups excluding carboxylic acids is 2. The molecular weight excluding hydrogens is 428 g/mol. The fourth-order valence-corrected chi connectivity index (χ4v) is 4.17. The van der Waals surface area contributed by atoms with Crippen LogP contribution < -0.4 is 10.6 Å². The second-order valence-electron chi connectivity index (χ2n) is 9.10. The third-order valence-electron chi connectivity index (χ3n) is 5.32. The summed E-state index contributed by atoms with van der Waals surface area (Å²) in [6.45, 7) is 5.96. The molecule has 1 aliphatic carbocycles. The zero-order valence-electron chi connectivity index (χ0n) is 19.9. The summed E-state index contributed by atoms with van der Waals surface area (Å²) in [6, 6.07) is 9.31. The van der Waals surface area contributed by atoms with Crippen LogP contribution in [-0.4, -0.2) is 61.0 Å². The summed E-state index contributed by atoms with van der Waals surface area (Å²) in [7, 11) is 1.66. The van der Waals surface area contributed by atoms with Gasteiger partial charge < -0.3 is 24.8 Å². The Morgan fingerprint density at radius 3 is 2.53 bits per heavy atom. The molecule has 8 heteroatoms. The van der Waals surface area contributed by atoms with Gasteiger partial charge in [-0.15, -0.1) is 0 Å². The number of hydrogen-bond donors (Lipinski definition) is 2. The number of benzene rings is 1. The van der Waals surface area contributed by atoms with E-state index in [4.69, 9.17) is 14.2 Å². The molecule has 0 unspecified atom stereocenters. The lowest BCUT2D eigenvalue weighted by Gasteiger charge is -2.36. The lowest BCUT2D eigenvalue weighted by molar-refractivity contribution is -0.126. The molecule has 2 rings (SSSR count). The zero-order chi connectivity index (χ0) is 23.6. The minimum Gasteiger partial charge on any atom is -0.444 e. The van der Waals surface area contributed by atoms with Gasteiger partial charge in [-0.05, 0) is 57.6 Å². The first-order chi connectivity index (χ1) is 15.2. The van der Waals surface area contributed by atoms with Crippen LogP contribution in [0, 0.1) is 0 Å². The van der Waals surface area contributed by atoms with Crippen LogP contribution >= 0.6 is 11.8 Å². The van der Waals surface area contributed by atoms with Gasteiger partial charge in [0.25, 0.3) is 0 Å². The summed E-state index contributed by atoms with van der Waals surface area (Å²) in [4.78, 5) is 25.2. The highest BCUT2D eigenvalue weighted by Crippen LogP contribution is 2.25. The van der Waals surface area contributed by atoms with E-state index in [0.717, 1.165) is 24.2 Å². The van der Waals surface area contributed by atoms with Crippen LogP contribution in [-0.2, 0) is 25.6 Å². The fraction of sp³-hybridized carbons (Fsp3) is 0.667. The van der Waals surface area contributed by atoms with Crippen molar-refractivity contribution in [1.82, 2.24) is 10.6 Å². The number of thioether (sulfide) groups is 1. The first-order valence-corrected chi connectivity index (χ1v) is 12.6. The molecule has 0 spiro atoms. The van der Waals surface area contributed by atoms with Gasteiger partial charge in [0, 0.05) is 13.5 Å². The standard InChI is InChI=1S/C24H38N2O5S/c1-24(2,3)31-23(28)26-20(13-14-32-5)22(27)25-19-12-11-18(15-21(19)29-4)30-16-17-9-7-6-8-10-17/h6-10,18-21H,11-16H2,1-5H3,(H,25,27)(H,26,28)/t18-,19-,20-,21+/m0/s1. The van der Waals surface area contributed by atoms with Crippen molar-refractivity contribution in [2.24, 2.45) is 0 Å². The number of hydrogen-bond acceptors (Lipinski definition) is 6. The number of carbonyl (C=O) groups is 2. The van der Waals surface area contributed by atoms with Gasteiger partial charge in [0.05, 0.1) is 24.9 Å². The van der Waals surface area contributed by atoms with Crippen LogP contribution in [0.3, 0.4) is 0 Å². The minimum atomic E-state index is -0.651. The molecular formula is C24H38N2O5S. The van der Waals surface area contributed by atoms with Crippen molar-refractivity contribution in [3.05, 3.63) is 35.9 Å². The van der Waals surface area contributed by atoms with E-state index < -0.39 is 17.7 Å². The van der Waals surface area contributed by atoms with Crippen molar-refractivity contribution < 1.29 is 23.8 Å². The second-order valence-corrected chi connectivity index (χ2v) is 10.1. The smallest absolute Gasteiger partial charge is 0.408 e. The van der Waals surface area contributed by atoms with E-state index in [1.165, 1.54) is 0 Å². The van der Waals surface area contributed by atoms with Gasteiger partial charge >= 0.3 is 6.09 Å². The zero-order valence-corrected chi connectivity index (χ0v) is 20.7. The van der Waals surface area contributed by atoms with Gasteiger partial charge in [0.1, 0.15) is 11.6 Å². The monoisotopic (exact) mass is 466 g/mol. The molecule has 1 saturated carbocycles. The molecule has 0 aliphatic heterocycles. The van der Waals surface area contributed by atoms with Crippen LogP contribution in [0.25, 0.3) is 0 Å². The molecule has 4 atom stereocenters. The topological polar surface area (TPSA) is 85.9 Å². The van der Waals surface area contributed by atoms with E-state index in [1.54, 1.807) is 39.6 Å². The Balaban J connectivity index is 1.90. The maximum absolute atomic E-state index is 13.0. The van der Waals surface area contributed by atoms with Crippen molar-refractivity contribution in [3.8, 4) is 0 Å². The summed E-state index contributed by atoms with van der Waals surface area (Å²) in [6.07, 6.45) is 4.16. The van der Waals surface area contributed by atoms with E-state index in [0.29, 0.717) is 19.4 Å². The van der Waals surface area contributed by atoms with Crippen LogP contribution in [0.5, 0.6) is 0 Å². The van der Waals surface area contributed by atoms with E-state index >= 15 is 0 Å². The number of amides is 2. The van der Waals surface area contributed by atoms with Gasteiger partial charge in [-0.3, -0.25) is 4.79 Å². The van der Waals surface area contributed by atoms with E-state index in [9.17, 15) is 9.59 Å². The molecule has 0 saturated heterocycles. The van der Waals surface area contributed by atoms with Crippen LogP contribution in [0.1, 0.15) is 52.0 Å². The highest BCUT2D eigenvalue weighted by molar-refractivity contribution is 7.98. The van der Waals surface area contributed by atoms with E-state index in [-0.39, 0.29) is 24.2 Å². The van der Waals surface area contributed by atoms with Gasteiger partial charge in [-0.25, -0.2) is 4.79 Å². The van der Waals surface area contributed by atoms with Crippen molar-refractivity contribution in [3.63, 3.8) is 0 Å². The maximum Gasteiger partial charge on any atom is 0.408 e. The summed E-state index contributed by atoms with van der Waals surface area (Å²) >= 11 is 1.63. The average Bonchev–Trinajstić information content (AvgIpc) is 2.75. The molecule has 0 heterocycles. The predicted molar refractivity (Wildman–Crippen MR) is 128 cm³/mol. The first kappa shape index (κ1) is 26.5. The molecule has 2 N–H and O–H groups in total. The molecule has 0 bridgehead atoms. The summed E-state index contributed by atoms with van der Waals surface area (Å²) in [5.41, 5.74) is 0.519. The van der Waals surface area contributed by atoms with Crippen molar-refractivity contribution >= 4 is 23.8 Å². The minimum absolute atomic E-state index is 0.0838. The fourth-order valence-electron chi connectivity index (χ4n) is 3.70. The Labute approximate surface area is 196 Å². The number of ether oxygens (including phenoxy) is 3. The van der Waals surface area contributed by atoms with Gasteiger partial charge in [-0.2, -0.15) is 11.8 Å². The highest BCUT2D eigenvalue weighted by Gasteiger charge is 2.34. The summed E-state index contributed by atoms with van der Waals surface area (Å²) < 4.78 is 17.1. The SMILES string of the molecule is CO[C@@H]1C[C@@H](OCc2ccccc2)CC[C@@H]1NC(=O)[C@H](CCSC)NC(=O)OC(C)(C)C. The second kappa shape index (κ2) is 13.1. The quantitative estimate of drug-likeness (QED) is 0.544. The lowest BCUT2D eigenvalue weighted by atomic mass is 9.89. The largest absolute Gasteiger partial charge is 0.444 e. The van der Waals surface area contributed by atoms with Gasteiger partial charge in [0.15, 0.2) is 0 Å². The Hall–Kier alpha value is -1.77. The Bertz CT molecular complexity index is 710. The number of alkyl carbamates (subject to hydrolysis) is 1. The molecule has 1 aliphatic rings. The van der Waals surface area contributed by atoms with Crippen LogP contribution in [0.2, 0.25) is 0 Å². The van der Waals surface area contributed by atoms with Crippen LogP contribution in [0.15, 0.2) is 30.3 Å². The molecule has 0 aromatic heterocycles. The Kier molecular flexibility index (Phi) is 10.8. The Morgan fingerprint density at radius 1 is 1.19 bits per heavy atom.